The number of rotatable bonds is 4. The van der Waals surface area contributed by atoms with E-state index in [1.54, 1.807) is 24.1 Å². The van der Waals surface area contributed by atoms with Crippen LogP contribution in [0.1, 0.15) is 22.8 Å². The van der Waals surface area contributed by atoms with Gasteiger partial charge < -0.3 is 10.2 Å². The maximum absolute atomic E-state index is 11.8. The second-order valence-corrected chi connectivity index (χ2v) is 4.91. The van der Waals surface area contributed by atoms with Crippen molar-refractivity contribution in [2.45, 2.75) is 13.8 Å². The highest BCUT2D eigenvalue weighted by atomic mass is 79.9. The van der Waals surface area contributed by atoms with Crippen molar-refractivity contribution in [3.8, 4) is 0 Å². The van der Waals surface area contributed by atoms with Crippen molar-refractivity contribution in [3.05, 3.63) is 33.8 Å². The smallest absolute Gasteiger partial charge is 0.251 e. The van der Waals surface area contributed by atoms with Crippen LogP contribution < -0.4 is 5.32 Å². The van der Waals surface area contributed by atoms with E-state index in [9.17, 15) is 9.59 Å². The predicted molar refractivity (Wildman–Crippen MR) is 74.5 cm³/mol. The monoisotopic (exact) mass is 312 g/mol. The predicted octanol–water partition coefficient (Wildman–Crippen LogP) is 1.97. The molecule has 18 heavy (non-hydrogen) atoms. The van der Waals surface area contributed by atoms with E-state index in [0.29, 0.717) is 12.1 Å². The number of hydrogen-bond acceptors (Lipinski definition) is 2. The Morgan fingerprint density at radius 1 is 1.39 bits per heavy atom. The SMILES string of the molecule is CCN(C)C(=O)CNC(=O)c1ccc(Br)c(C)c1. The lowest BCUT2D eigenvalue weighted by Crippen LogP contribution is -2.38. The average Bonchev–Trinajstić information content (AvgIpc) is 2.37. The van der Waals surface area contributed by atoms with E-state index in [2.05, 4.69) is 21.2 Å². The zero-order chi connectivity index (χ0) is 13.7. The summed E-state index contributed by atoms with van der Waals surface area (Å²) in [6.45, 7) is 4.46. The normalized spacial score (nSPS) is 10.0. The van der Waals surface area contributed by atoms with Crippen LogP contribution in [-0.4, -0.2) is 36.9 Å². The van der Waals surface area contributed by atoms with E-state index in [-0.39, 0.29) is 18.4 Å². The summed E-state index contributed by atoms with van der Waals surface area (Å²) in [5.74, 6) is -0.330. The first-order chi connectivity index (χ1) is 8.45. The molecule has 0 unspecified atom stereocenters. The van der Waals surface area contributed by atoms with Crippen LogP contribution in [0.4, 0.5) is 0 Å². The van der Waals surface area contributed by atoms with Gasteiger partial charge in [0.25, 0.3) is 5.91 Å². The van der Waals surface area contributed by atoms with Gasteiger partial charge in [-0.05, 0) is 37.6 Å². The summed E-state index contributed by atoms with van der Waals surface area (Å²) in [7, 11) is 1.71. The molecule has 0 spiro atoms. The third kappa shape index (κ3) is 3.84. The number of aryl methyl sites for hydroxylation is 1. The van der Waals surface area contributed by atoms with Gasteiger partial charge in [-0.3, -0.25) is 9.59 Å². The van der Waals surface area contributed by atoms with E-state index in [4.69, 9.17) is 0 Å². The Kier molecular flexibility index (Phi) is 5.34. The van der Waals surface area contributed by atoms with E-state index in [1.807, 2.05) is 19.9 Å². The van der Waals surface area contributed by atoms with Crippen molar-refractivity contribution < 1.29 is 9.59 Å². The largest absolute Gasteiger partial charge is 0.345 e. The number of likely N-dealkylation sites (N-methyl/N-ethyl adjacent to an activating group) is 1. The van der Waals surface area contributed by atoms with Crippen LogP contribution in [0.3, 0.4) is 0 Å². The Balaban J connectivity index is 2.60. The molecule has 0 saturated heterocycles. The summed E-state index contributed by atoms with van der Waals surface area (Å²) in [6, 6.07) is 5.33. The summed E-state index contributed by atoms with van der Waals surface area (Å²) in [4.78, 5) is 24.9. The van der Waals surface area contributed by atoms with Crippen LogP contribution in [0.25, 0.3) is 0 Å². The molecule has 0 aromatic heterocycles. The van der Waals surface area contributed by atoms with Gasteiger partial charge in [0, 0.05) is 23.6 Å². The van der Waals surface area contributed by atoms with Gasteiger partial charge in [0.15, 0.2) is 0 Å². The van der Waals surface area contributed by atoms with Gasteiger partial charge in [-0.1, -0.05) is 15.9 Å². The molecule has 0 fully saturated rings. The Morgan fingerprint density at radius 2 is 2.06 bits per heavy atom. The maximum Gasteiger partial charge on any atom is 0.251 e. The highest BCUT2D eigenvalue weighted by molar-refractivity contribution is 9.10. The molecule has 0 bridgehead atoms. The molecule has 0 aliphatic carbocycles. The van der Waals surface area contributed by atoms with Gasteiger partial charge in [0.05, 0.1) is 6.54 Å². The highest BCUT2D eigenvalue weighted by Crippen LogP contribution is 2.16. The third-order valence-electron chi connectivity index (χ3n) is 2.72. The van der Waals surface area contributed by atoms with E-state index < -0.39 is 0 Å². The minimum absolute atomic E-state index is 0.0261. The second-order valence-electron chi connectivity index (χ2n) is 4.05. The average molecular weight is 313 g/mol. The Labute approximate surface area is 115 Å². The molecule has 0 aliphatic rings. The molecular formula is C13H17BrN2O2. The molecule has 0 aliphatic heterocycles. The first-order valence-corrected chi connectivity index (χ1v) is 6.53. The molecule has 0 saturated carbocycles. The Bertz CT molecular complexity index is 460. The van der Waals surface area contributed by atoms with Gasteiger partial charge in [-0.15, -0.1) is 0 Å². The molecule has 4 nitrogen and oxygen atoms in total. The standard InChI is InChI=1S/C13H17BrN2O2/c1-4-16(3)12(17)8-15-13(18)10-5-6-11(14)9(2)7-10/h5-7H,4,8H2,1-3H3,(H,15,18). The van der Waals surface area contributed by atoms with Crippen molar-refractivity contribution in [2.24, 2.45) is 0 Å². The Morgan fingerprint density at radius 3 is 2.61 bits per heavy atom. The number of benzene rings is 1. The van der Waals surface area contributed by atoms with Gasteiger partial charge in [-0.25, -0.2) is 0 Å². The first-order valence-electron chi connectivity index (χ1n) is 5.74. The minimum atomic E-state index is -0.233. The van der Waals surface area contributed by atoms with Crippen LogP contribution in [-0.2, 0) is 4.79 Å². The van der Waals surface area contributed by atoms with Crippen molar-refractivity contribution in [3.63, 3.8) is 0 Å². The highest BCUT2D eigenvalue weighted by Gasteiger charge is 2.10. The molecule has 1 aromatic rings. The van der Waals surface area contributed by atoms with Crippen LogP contribution in [0.15, 0.2) is 22.7 Å². The molecule has 0 radical (unpaired) electrons. The van der Waals surface area contributed by atoms with E-state index >= 15 is 0 Å². The first kappa shape index (κ1) is 14.7. The number of hydrogen-bond donors (Lipinski definition) is 1. The molecule has 2 amide bonds. The quantitative estimate of drug-likeness (QED) is 0.924. The Hall–Kier alpha value is -1.36. The summed E-state index contributed by atoms with van der Waals surface area (Å²) in [5.41, 5.74) is 1.54. The van der Waals surface area contributed by atoms with Crippen LogP contribution in [0.5, 0.6) is 0 Å². The third-order valence-corrected chi connectivity index (χ3v) is 3.61. The lowest BCUT2D eigenvalue weighted by Gasteiger charge is -2.14. The van der Waals surface area contributed by atoms with Gasteiger partial charge in [0.2, 0.25) is 5.91 Å². The number of carbonyl (C=O) groups excluding carboxylic acids is 2. The molecule has 1 N–H and O–H groups in total. The molecular weight excluding hydrogens is 296 g/mol. The summed E-state index contributed by atoms with van der Waals surface area (Å²) >= 11 is 3.38. The summed E-state index contributed by atoms with van der Waals surface area (Å²) < 4.78 is 0.959. The maximum atomic E-state index is 11.8. The lowest BCUT2D eigenvalue weighted by molar-refractivity contribution is -0.128. The number of carbonyl (C=O) groups is 2. The van der Waals surface area contributed by atoms with E-state index in [1.165, 1.54) is 0 Å². The zero-order valence-electron chi connectivity index (χ0n) is 10.8. The number of nitrogens with zero attached hydrogens (tertiary/aromatic N) is 1. The zero-order valence-corrected chi connectivity index (χ0v) is 12.4. The van der Waals surface area contributed by atoms with Crippen molar-refractivity contribution >= 4 is 27.7 Å². The number of nitrogens with one attached hydrogen (secondary N) is 1. The van der Waals surface area contributed by atoms with E-state index in [0.717, 1.165) is 10.0 Å². The summed E-state index contributed by atoms with van der Waals surface area (Å²) in [5, 5.41) is 2.62. The second kappa shape index (κ2) is 6.54. The van der Waals surface area contributed by atoms with Crippen molar-refractivity contribution in [1.82, 2.24) is 10.2 Å². The lowest BCUT2D eigenvalue weighted by atomic mass is 10.1. The molecule has 0 heterocycles. The van der Waals surface area contributed by atoms with Crippen LogP contribution in [0.2, 0.25) is 0 Å². The fourth-order valence-electron chi connectivity index (χ4n) is 1.36. The molecule has 0 atom stereocenters. The van der Waals surface area contributed by atoms with Crippen molar-refractivity contribution in [1.29, 1.82) is 0 Å². The van der Waals surface area contributed by atoms with Gasteiger partial charge >= 0.3 is 0 Å². The fraction of sp³-hybridized carbons (Fsp3) is 0.385. The van der Waals surface area contributed by atoms with Gasteiger partial charge in [-0.2, -0.15) is 0 Å². The van der Waals surface area contributed by atoms with Crippen molar-refractivity contribution in [2.75, 3.05) is 20.1 Å². The minimum Gasteiger partial charge on any atom is -0.345 e. The molecule has 5 heteroatoms. The topological polar surface area (TPSA) is 49.4 Å². The summed E-state index contributed by atoms with van der Waals surface area (Å²) in [6.07, 6.45) is 0. The molecule has 1 rings (SSSR count). The molecule has 98 valence electrons. The fourth-order valence-corrected chi connectivity index (χ4v) is 1.60. The number of amides is 2. The van der Waals surface area contributed by atoms with Crippen LogP contribution in [0, 0.1) is 6.92 Å². The van der Waals surface area contributed by atoms with Crippen LogP contribution >= 0.6 is 15.9 Å². The number of halogens is 1. The molecule has 1 aromatic carbocycles. The van der Waals surface area contributed by atoms with Gasteiger partial charge in [0.1, 0.15) is 0 Å².